The van der Waals surface area contributed by atoms with Gasteiger partial charge in [0, 0.05) is 15.1 Å². The Labute approximate surface area is 131 Å². The highest BCUT2D eigenvalue weighted by Crippen LogP contribution is 2.29. The normalized spacial score (nSPS) is 12.4. The third-order valence-corrected chi connectivity index (χ3v) is 4.24. The van der Waals surface area contributed by atoms with Crippen LogP contribution in [0.1, 0.15) is 22.7 Å². The van der Waals surface area contributed by atoms with Crippen LogP contribution in [0.25, 0.3) is 0 Å². The SMILES string of the molecule is Cc1ccc(C(Cc2c(F)cccc2Cl)NN)c(Br)c1. The first-order chi connectivity index (χ1) is 9.52. The first-order valence-electron chi connectivity index (χ1n) is 6.18. The van der Waals surface area contributed by atoms with Crippen LogP contribution in [0.3, 0.4) is 0 Å². The zero-order chi connectivity index (χ0) is 14.7. The van der Waals surface area contributed by atoms with Gasteiger partial charge in [0.25, 0.3) is 0 Å². The highest BCUT2D eigenvalue weighted by molar-refractivity contribution is 9.10. The molecule has 0 aliphatic heterocycles. The summed E-state index contributed by atoms with van der Waals surface area (Å²) in [5, 5.41) is 0.411. The highest BCUT2D eigenvalue weighted by Gasteiger charge is 2.17. The first-order valence-corrected chi connectivity index (χ1v) is 7.35. The molecule has 0 bridgehead atoms. The second-order valence-corrected chi connectivity index (χ2v) is 5.91. The van der Waals surface area contributed by atoms with Gasteiger partial charge in [0.2, 0.25) is 0 Å². The van der Waals surface area contributed by atoms with Gasteiger partial charge >= 0.3 is 0 Å². The van der Waals surface area contributed by atoms with Crippen molar-refractivity contribution in [2.24, 2.45) is 5.84 Å². The number of hydrogen-bond acceptors (Lipinski definition) is 2. The number of hydrazine groups is 1. The van der Waals surface area contributed by atoms with E-state index in [4.69, 9.17) is 17.4 Å². The molecule has 5 heteroatoms. The molecule has 0 fully saturated rings. The Morgan fingerprint density at radius 2 is 2.10 bits per heavy atom. The molecule has 0 amide bonds. The molecule has 1 atom stereocenters. The van der Waals surface area contributed by atoms with E-state index in [1.165, 1.54) is 6.07 Å². The van der Waals surface area contributed by atoms with Gasteiger partial charge in [-0.05, 0) is 42.7 Å². The molecule has 0 radical (unpaired) electrons. The Morgan fingerprint density at radius 3 is 2.70 bits per heavy atom. The van der Waals surface area contributed by atoms with E-state index in [-0.39, 0.29) is 11.9 Å². The first kappa shape index (κ1) is 15.4. The van der Waals surface area contributed by atoms with Crippen molar-refractivity contribution < 1.29 is 4.39 Å². The van der Waals surface area contributed by atoms with Crippen LogP contribution in [0.4, 0.5) is 4.39 Å². The molecule has 2 aromatic carbocycles. The van der Waals surface area contributed by atoms with E-state index in [0.717, 1.165) is 15.6 Å². The Kier molecular flexibility index (Phi) is 5.16. The quantitative estimate of drug-likeness (QED) is 0.632. The zero-order valence-corrected chi connectivity index (χ0v) is 13.3. The minimum atomic E-state index is -0.319. The number of rotatable bonds is 4. The molecule has 3 N–H and O–H groups in total. The molecule has 2 nitrogen and oxygen atoms in total. The predicted octanol–water partition coefficient (Wildman–Crippen LogP) is 4.30. The highest BCUT2D eigenvalue weighted by atomic mass is 79.9. The summed E-state index contributed by atoms with van der Waals surface area (Å²) >= 11 is 9.58. The van der Waals surface area contributed by atoms with Gasteiger partial charge in [-0.15, -0.1) is 0 Å². The van der Waals surface area contributed by atoms with Crippen LogP contribution in [0.2, 0.25) is 5.02 Å². The van der Waals surface area contributed by atoms with Gasteiger partial charge in [0.15, 0.2) is 0 Å². The topological polar surface area (TPSA) is 38.0 Å². The molecule has 0 saturated heterocycles. The van der Waals surface area contributed by atoms with E-state index in [9.17, 15) is 4.39 Å². The standard InChI is InChI=1S/C15H15BrClFN2/c1-9-5-6-10(12(16)7-9)15(20-19)8-11-13(17)3-2-4-14(11)18/h2-7,15,20H,8,19H2,1H3. The summed E-state index contributed by atoms with van der Waals surface area (Å²) in [5.41, 5.74) is 5.30. The maximum Gasteiger partial charge on any atom is 0.127 e. The molecule has 20 heavy (non-hydrogen) atoms. The van der Waals surface area contributed by atoms with Gasteiger partial charge in [0.1, 0.15) is 5.82 Å². The largest absolute Gasteiger partial charge is 0.271 e. The minimum absolute atomic E-state index is 0.223. The molecule has 2 rings (SSSR count). The van der Waals surface area contributed by atoms with Crippen LogP contribution in [-0.2, 0) is 6.42 Å². The maximum absolute atomic E-state index is 13.9. The smallest absolute Gasteiger partial charge is 0.127 e. The number of benzene rings is 2. The van der Waals surface area contributed by atoms with E-state index in [1.807, 2.05) is 25.1 Å². The van der Waals surface area contributed by atoms with E-state index in [2.05, 4.69) is 21.4 Å². The van der Waals surface area contributed by atoms with Crippen molar-refractivity contribution in [1.29, 1.82) is 0 Å². The second kappa shape index (κ2) is 6.68. The van der Waals surface area contributed by atoms with Crippen molar-refractivity contribution in [2.75, 3.05) is 0 Å². The molecule has 0 spiro atoms. The van der Waals surface area contributed by atoms with Crippen molar-refractivity contribution in [1.82, 2.24) is 5.43 Å². The lowest BCUT2D eigenvalue weighted by atomic mass is 9.98. The lowest BCUT2D eigenvalue weighted by Crippen LogP contribution is -2.30. The van der Waals surface area contributed by atoms with E-state index in [0.29, 0.717) is 17.0 Å². The van der Waals surface area contributed by atoms with Crippen LogP contribution >= 0.6 is 27.5 Å². The summed E-state index contributed by atoms with van der Waals surface area (Å²) in [6, 6.07) is 10.4. The number of nitrogens with one attached hydrogen (secondary N) is 1. The Hall–Kier alpha value is -0.940. The third-order valence-electron chi connectivity index (χ3n) is 3.20. The fourth-order valence-electron chi connectivity index (χ4n) is 2.10. The van der Waals surface area contributed by atoms with Crippen LogP contribution < -0.4 is 11.3 Å². The van der Waals surface area contributed by atoms with E-state index >= 15 is 0 Å². The van der Waals surface area contributed by atoms with Crippen molar-refractivity contribution in [3.05, 3.63) is 68.4 Å². The van der Waals surface area contributed by atoms with Crippen LogP contribution in [0, 0.1) is 12.7 Å². The number of aryl methyl sites for hydroxylation is 1. The monoisotopic (exact) mass is 356 g/mol. The van der Waals surface area contributed by atoms with Crippen LogP contribution in [-0.4, -0.2) is 0 Å². The van der Waals surface area contributed by atoms with Gasteiger partial charge in [-0.25, -0.2) is 4.39 Å². The summed E-state index contributed by atoms with van der Waals surface area (Å²) < 4.78 is 14.8. The van der Waals surface area contributed by atoms with Crippen molar-refractivity contribution in [2.45, 2.75) is 19.4 Å². The molecular weight excluding hydrogens is 343 g/mol. The average Bonchev–Trinajstić information content (AvgIpc) is 2.40. The zero-order valence-electron chi connectivity index (χ0n) is 11.0. The van der Waals surface area contributed by atoms with Gasteiger partial charge in [-0.3, -0.25) is 11.3 Å². The predicted molar refractivity (Wildman–Crippen MR) is 84.1 cm³/mol. The summed E-state index contributed by atoms with van der Waals surface area (Å²) in [7, 11) is 0. The summed E-state index contributed by atoms with van der Waals surface area (Å²) in [5.74, 6) is 5.30. The number of hydrogen-bond donors (Lipinski definition) is 2. The Bertz CT molecular complexity index is 599. The van der Waals surface area contributed by atoms with Crippen LogP contribution in [0.5, 0.6) is 0 Å². The minimum Gasteiger partial charge on any atom is -0.271 e. The van der Waals surface area contributed by atoms with Gasteiger partial charge in [-0.2, -0.15) is 0 Å². The Balaban J connectivity index is 2.34. The maximum atomic E-state index is 13.9. The van der Waals surface area contributed by atoms with E-state index in [1.54, 1.807) is 12.1 Å². The molecule has 0 saturated carbocycles. The molecule has 2 aromatic rings. The Morgan fingerprint density at radius 1 is 1.35 bits per heavy atom. The number of nitrogens with two attached hydrogens (primary N) is 1. The van der Waals surface area contributed by atoms with E-state index < -0.39 is 0 Å². The molecule has 0 aromatic heterocycles. The average molecular weight is 358 g/mol. The molecule has 0 aliphatic rings. The molecule has 0 aliphatic carbocycles. The third kappa shape index (κ3) is 3.38. The summed E-state index contributed by atoms with van der Waals surface area (Å²) in [6.45, 7) is 2.01. The second-order valence-electron chi connectivity index (χ2n) is 4.65. The molecule has 106 valence electrons. The van der Waals surface area contributed by atoms with Gasteiger partial charge in [-0.1, -0.05) is 45.7 Å². The van der Waals surface area contributed by atoms with Crippen molar-refractivity contribution in [3.8, 4) is 0 Å². The molecule has 1 unspecified atom stereocenters. The fourth-order valence-corrected chi connectivity index (χ4v) is 3.11. The number of halogens is 3. The fraction of sp³-hybridized carbons (Fsp3) is 0.200. The summed E-state index contributed by atoms with van der Waals surface area (Å²) in [6.07, 6.45) is 0.379. The van der Waals surface area contributed by atoms with Crippen LogP contribution in [0.15, 0.2) is 40.9 Å². The van der Waals surface area contributed by atoms with Crippen molar-refractivity contribution in [3.63, 3.8) is 0 Å². The summed E-state index contributed by atoms with van der Waals surface area (Å²) in [4.78, 5) is 0. The lowest BCUT2D eigenvalue weighted by Gasteiger charge is -2.19. The molecule has 0 heterocycles. The lowest BCUT2D eigenvalue weighted by molar-refractivity contribution is 0.527. The van der Waals surface area contributed by atoms with Crippen molar-refractivity contribution >= 4 is 27.5 Å². The molecular formula is C15H15BrClFN2. The van der Waals surface area contributed by atoms with Gasteiger partial charge < -0.3 is 0 Å². The van der Waals surface area contributed by atoms with Gasteiger partial charge in [0.05, 0.1) is 6.04 Å².